The Hall–Kier alpha value is -2.91. The molecule has 174 valence electrons. The molecular formula is C27H34N4O2. The van der Waals surface area contributed by atoms with Crippen molar-refractivity contribution in [3.63, 3.8) is 0 Å². The zero-order chi connectivity index (χ0) is 23.5. The molecule has 0 radical (unpaired) electrons. The number of aromatic nitrogens is 1. The molecule has 1 aliphatic heterocycles. The summed E-state index contributed by atoms with van der Waals surface area (Å²) in [5.74, 6) is 1.37. The number of nitriles is 1. The number of nitrogens with zero attached hydrogens (tertiary/aromatic N) is 4. The van der Waals surface area contributed by atoms with E-state index >= 15 is 0 Å². The molecule has 1 aromatic carbocycles. The molecule has 2 aromatic rings. The van der Waals surface area contributed by atoms with Crippen LogP contribution >= 0.6 is 0 Å². The molecule has 4 rings (SSSR count). The second kappa shape index (κ2) is 9.93. The molecule has 2 heterocycles. The first kappa shape index (κ1) is 23.3. The number of amides is 1. The van der Waals surface area contributed by atoms with E-state index in [1.165, 1.54) is 11.1 Å². The number of hydrogen-bond donors (Lipinski definition) is 0. The Bertz CT molecular complexity index is 1070. The summed E-state index contributed by atoms with van der Waals surface area (Å²) in [5.41, 5.74) is 6.46. The standard InChI is InChI=1S/C27H34N4O2/c1-5-20-8-6-7-9-22(20)25-19(3)23(16-28)27(29-26(25)21-10-11-21)30-13-14-31(18(2)17-30)24(32)12-15-33-4/h6-9,18,21H,5,10-15,17H2,1-4H3. The summed E-state index contributed by atoms with van der Waals surface area (Å²) in [6, 6.07) is 11.0. The van der Waals surface area contributed by atoms with Crippen molar-refractivity contribution in [1.29, 1.82) is 5.26 Å². The molecule has 0 N–H and O–H groups in total. The summed E-state index contributed by atoms with van der Waals surface area (Å²) < 4.78 is 5.07. The molecule has 1 amide bonds. The smallest absolute Gasteiger partial charge is 0.225 e. The lowest BCUT2D eigenvalue weighted by atomic mass is 9.90. The maximum Gasteiger partial charge on any atom is 0.225 e. The average molecular weight is 447 g/mol. The van der Waals surface area contributed by atoms with E-state index in [4.69, 9.17) is 9.72 Å². The van der Waals surface area contributed by atoms with Crippen LogP contribution < -0.4 is 4.90 Å². The van der Waals surface area contributed by atoms with Crippen molar-refractivity contribution in [1.82, 2.24) is 9.88 Å². The Kier molecular flexibility index (Phi) is 6.99. The summed E-state index contributed by atoms with van der Waals surface area (Å²) >= 11 is 0. The number of carbonyl (C=O) groups is 1. The van der Waals surface area contributed by atoms with Gasteiger partial charge in [-0.15, -0.1) is 0 Å². The quantitative estimate of drug-likeness (QED) is 0.629. The van der Waals surface area contributed by atoms with Gasteiger partial charge in [0.1, 0.15) is 11.9 Å². The van der Waals surface area contributed by atoms with Crippen molar-refractivity contribution >= 4 is 11.7 Å². The molecule has 2 aliphatic rings. The lowest BCUT2D eigenvalue weighted by molar-refractivity contribution is -0.134. The maximum absolute atomic E-state index is 12.6. The van der Waals surface area contributed by atoms with Crippen LogP contribution in [0.5, 0.6) is 0 Å². The highest BCUT2D eigenvalue weighted by Gasteiger charge is 2.34. The number of benzene rings is 1. The van der Waals surface area contributed by atoms with Gasteiger partial charge in [0.05, 0.1) is 24.3 Å². The number of piperazine rings is 1. The van der Waals surface area contributed by atoms with Gasteiger partial charge < -0.3 is 14.5 Å². The Morgan fingerprint density at radius 1 is 1.27 bits per heavy atom. The number of anilines is 1. The Morgan fingerprint density at radius 3 is 2.67 bits per heavy atom. The molecule has 1 atom stereocenters. The minimum absolute atomic E-state index is 0.0571. The van der Waals surface area contributed by atoms with Crippen molar-refractivity contribution in [3.05, 3.63) is 46.6 Å². The van der Waals surface area contributed by atoms with Crippen molar-refractivity contribution in [3.8, 4) is 17.2 Å². The molecule has 1 aliphatic carbocycles. The normalized spacial score (nSPS) is 18.3. The molecule has 0 bridgehead atoms. The van der Waals surface area contributed by atoms with Gasteiger partial charge in [0.25, 0.3) is 0 Å². The third-order valence-corrected chi connectivity index (χ3v) is 6.97. The fraction of sp³-hybridized carbons (Fsp3) is 0.519. The van der Waals surface area contributed by atoms with Gasteiger partial charge >= 0.3 is 0 Å². The Morgan fingerprint density at radius 2 is 2.03 bits per heavy atom. The van der Waals surface area contributed by atoms with Gasteiger partial charge in [0, 0.05) is 44.3 Å². The van der Waals surface area contributed by atoms with E-state index in [1.807, 2.05) is 4.90 Å². The van der Waals surface area contributed by atoms with Crippen LogP contribution in [0.3, 0.4) is 0 Å². The van der Waals surface area contributed by atoms with E-state index in [0.29, 0.717) is 44.1 Å². The first-order valence-corrected chi connectivity index (χ1v) is 12.1. The highest BCUT2D eigenvalue weighted by molar-refractivity contribution is 5.80. The molecule has 1 saturated carbocycles. The van der Waals surface area contributed by atoms with Crippen LogP contribution in [0.1, 0.15) is 61.4 Å². The highest BCUT2D eigenvalue weighted by Crippen LogP contribution is 2.47. The number of methoxy groups -OCH3 is 1. The third-order valence-electron chi connectivity index (χ3n) is 6.97. The van der Waals surface area contributed by atoms with Crippen molar-refractivity contribution < 1.29 is 9.53 Å². The van der Waals surface area contributed by atoms with E-state index in [0.717, 1.165) is 41.9 Å². The molecule has 1 saturated heterocycles. The number of pyridine rings is 1. The largest absolute Gasteiger partial charge is 0.384 e. The molecule has 0 spiro atoms. The zero-order valence-corrected chi connectivity index (χ0v) is 20.2. The van der Waals surface area contributed by atoms with Crippen molar-refractivity contribution in [2.24, 2.45) is 0 Å². The number of aryl methyl sites for hydroxylation is 1. The highest BCUT2D eigenvalue weighted by atomic mass is 16.5. The van der Waals surface area contributed by atoms with Gasteiger partial charge in [-0.1, -0.05) is 31.2 Å². The van der Waals surface area contributed by atoms with E-state index in [9.17, 15) is 10.1 Å². The number of ether oxygens (including phenoxy) is 1. The molecule has 2 fully saturated rings. The fourth-order valence-electron chi connectivity index (χ4n) is 4.99. The molecule has 1 aromatic heterocycles. The molecule has 6 nitrogen and oxygen atoms in total. The average Bonchev–Trinajstić information content (AvgIpc) is 3.67. The summed E-state index contributed by atoms with van der Waals surface area (Å²) in [5, 5.41) is 10.2. The van der Waals surface area contributed by atoms with E-state index < -0.39 is 0 Å². The predicted molar refractivity (Wildman–Crippen MR) is 130 cm³/mol. The van der Waals surface area contributed by atoms with E-state index in [1.54, 1.807) is 7.11 Å². The first-order valence-electron chi connectivity index (χ1n) is 12.1. The minimum Gasteiger partial charge on any atom is -0.384 e. The van der Waals surface area contributed by atoms with Crippen LogP contribution in [0.25, 0.3) is 11.1 Å². The number of carbonyl (C=O) groups excluding carboxylic acids is 1. The van der Waals surface area contributed by atoms with Crippen molar-refractivity contribution in [2.45, 2.75) is 58.4 Å². The predicted octanol–water partition coefficient (Wildman–Crippen LogP) is 4.44. The third kappa shape index (κ3) is 4.60. The minimum atomic E-state index is 0.0571. The van der Waals surface area contributed by atoms with Crippen LogP contribution in [0.15, 0.2) is 24.3 Å². The summed E-state index contributed by atoms with van der Waals surface area (Å²) in [7, 11) is 1.62. The van der Waals surface area contributed by atoms with Gasteiger partial charge in [-0.3, -0.25) is 4.79 Å². The van der Waals surface area contributed by atoms with Gasteiger partial charge in [-0.05, 0) is 49.8 Å². The molecule has 33 heavy (non-hydrogen) atoms. The topological polar surface area (TPSA) is 69.5 Å². The van der Waals surface area contributed by atoms with E-state index in [2.05, 4.69) is 56.0 Å². The van der Waals surface area contributed by atoms with Crippen LogP contribution in [0, 0.1) is 18.3 Å². The second-order valence-electron chi connectivity index (χ2n) is 9.22. The Labute approximate surface area is 197 Å². The monoisotopic (exact) mass is 446 g/mol. The fourth-order valence-corrected chi connectivity index (χ4v) is 4.99. The van der Waals surface area contributed by atoms with Gasteiger partial charge in [0.2, 0.25) is 5.91 Å². The lowest BCUT2D eigenvalue weighted by Crippen LogP contribution is -2.54. The Balaban J connectivity index is 1.71. The summed E-state index contributed by atoms with van der Waals surface area (Å²) in [6.45, 7) is 8.75. The number of hydrogen-bond acceptors (Lipinski definition) is 5. The SMILES string of the molecule is CCc1ccccc1-c1c(C2CC2)nc(N2CCN(C(=O)CCOC)C(C)C2)c(C#N)c1C. The van der Waals surface area contributed by atoms with E-state index in [-0.39, 0.29) is 11.9 Å². The lowest BCUT2D eigenvalue weighted by Gasteiger charge is -2.41. The second-order valence-corrected chi connectivity index (χ2v) is 9.22. The van der Waals surface area contributed by atoms with Crippen LogP contribution in [-0.2, 0) is 16.0 Å². The van der Waals surface area contributed by atoms with Gasteiger partial charge in [-0.25, -0.2) is 4.98 Å². The maximum atomic E-state index is 12.6. The van der Waals surface area contributed by atoms with Gasteiger partial charge in [0.15, 0.2) is 0 Å². The van der Waals surface area contributed by atoms with Crippen LogP contribution in [0.2, 0.25) is 0 Å². The zero-order valence-electron chi connectivity index (χ0n) is 20.2. The van der Waals surface area contributed by atoms with Crippen LogP contribution in [-0.4, -0.2) is 55.2 Å². The molecule has 1 unspecified atom stereocenters. The number of rotatable bonds is 7. The molecule has 6 heteroatoms. The summed E-state index contributed by atoms with van der Waals surface area (Å²) in [4.78, 5) is 21.9. The molecular weight excluding hydrogens is 412 g/mol. The van der Waals surface area contributed by atoms with Crippen molar-refractivity contribution in [2.75, 3.05) is 38.3 Å². The first-order chi connectivity index (χ1) is 16.0. The van der Waals surface area contributed by atoms with Crippen LogP contribution in [0.4, 0.5) is 5.82 Å². The van der Waals surface area contributed by atoms with Gasteiger partial charge in [-0.2, -0.15) is 5.26 Å². The summed E-state index contributed by atoms with van der Waals surface area (Å²) in [6.07, 6.45) is 3.65.